The Kier molecular flexibility index (Phi) is 5.03. The minimum atomic E-state index is -0.552. The fourth-order valence-electron chi connectivity index (χ4n) is 1.77. The Balaban J connectivity index is 2.28. The van der Waals surface area contributed by atoms with Crippen LogP contribution in [0.1, 0.15) is 5.56 Å². The first-order valence-electron chi connectivity index (χ1n) is 5.69. The van der Waals surface area contributed by atoms with Crippen molar-refractivity contribution in [2.24, 2.45) is 0 Å². The lowest BCUT2D eigenvalue weighted by Gasteiger charge is -2.11. The van der Waals surface area contributed by atoms with Gasteiger partial charge < -0.3 is 5.32 Å². The van der Waals surface area contributed by atoms with Gasteiger partial charge in [-0.1, -0.05) is 39.1 Å². The average molecular weight is 394 g/mol. The van der Waals surface area contributed by atoms with Gasteiger partial charge in [-0.25, -0.2) is 4.39 Å². The molecule has 2 aromatic rings. The highest BCUT2D eigenvalue weighted by Gasteiger charge is 2.15. The van der Waals surface area contributed by atoms with E-state index in [0.717, 1.165) is 12.1 Å². The number of nitrogens with one attached hydrogen (secondary N) is 1. The van der Waals surface area contributed by atoms with E-state index in [1.165, 1.54) is 6.07 Å². The van der Waals surface area contributed by atoms with Crippen molar-refractivity contribution in [1.82, 2.24) is 0 Å². The molecule has 0 aromatic heterocycles. The monoisotopic (exact) mass is 392 g/mol. The molecule has 0 unspecified atom stereocenters. The van der Waals surface area contributed by atoms with Crippen molar-refractivity contribution in [3.63, 3.8) is 0 Å². The molecule has 8 heteroatoms. The second-order valence-corrected chi connectivity index (χ2v) is 5.86. The Morgan fingerprint density at radius 1 is 1.24 bits per heavy atom. The van der Waals surface area contributed by atoms with E-state index in [-0.39, 0.29) is 22.3 Å². The number of hydrogen-bond donors (Lipinski definition) is 1. The van der Waals surface area contributed by atoms with Gasteiger partial charge in [0, 0.05) is 22.6 Å². The smallest absolute Gasteiger partial charge is 0.274 e. The number of halogens is 4. The van der Waals surface area contributed by atoms with Crippen LogP contribution in [0.5, 0.6) is 0 Å². The molecule has 0 atom stereocenters. The largest absolute Gasteiger partial charge is 0.378 e. The highest BCUT2D eigenvalue weighted by molar-refractivity contribution is 9.10. The molecular weight excluding hydrogens is 386 g/mol. The predicted octanol–water partition coefficient (Wildman–Crippen LogP) is 5.42. The van der Waals surface area contributed by atoms with Crippen LogP contribution in [-0.4, -0.2) is 4.92 Å². The number of benzene rings is 2. The molecule has 2 aromatic carbocycles. The first-order valence-corrected chi connectivity index (χ1v) is 7.24. The first kappa shape index (κ1) is 16.0. The molecule has 110 valence electrons. The molecule has 0 heterocycles. The van der Waals surface area contributed by atoms with Crippen LogP contribution >= 0.6 is 39.1 Å². The zero-order valence-corrected chi connectivity index (χ0v) is 13.5. The zero-order valence-electron chi connectivity index (χ0n) is 10.4. The summed E-state index contributed by atoms with van der Waals surface area (Å²) in [7, 11) is 0. The Morgan fingerprint density at radius 3 is 2.43 bits per heavy atom. The molecule has 0 bridgehead atoms. The minimum absolute atomic E-state index is 0.0277. The van der Waals surface area contributed by atoms with Crippen LogP contribution in [0.15, 0.2) is 34.8 Å². The summed E-state index contributed by atoms with van der Waals surface area (Å²) in [6, 6.07) is 6.83. The third kappa shape index (κ3) is 3.84. The molecule has 2 rings (SSSR count). The highest BCUT2D eigenvalue weighted by Crippen LogP contribution is 2.32. The van der Waals surface area contributed by atoms with E-state index in [0.29, 0.717) is 15.7 Å². The average Bonchev–Trinajstić information content (AvgIpc) is 2.37. The number of nitro groups is 1. The van der Waals surface area contributed by atoms with Crippen molar-refractivity contribution in [3.05, 3.63) is 66.3 Å². The van der Waals surface area contributed by atoms with Gasteiger partial charge >= 0.3 is 0 Å². The predicted molar refractivity (Wildman–Crippen MR) is 84.5 cm³/mol. The van der Waals surface area contributed by atoms with Gasteiger partial charge in [-0.3, -0.25) is 10.1 Å². The summed E-state index contributed by atoms with van der Waals surface area (Å²) in [5.74, 6) is -0.552. The van der Waals surface area contributed by atoms with Crippen LogP contribution in [0.2, 0.25) is 10.0 Å². The van der Waals surface area contributed by atoms with Gasteiger partial charge in [0.05, 0.1) is 20.7 Å². The van der Waals surface area contributed by atoms with Crippen molar-refractivity contribution < 1.29 is 9.31 Å². The number of nitrogens with zero attached hydrogens (tertiary/aromatic N) is 1. The molecule has 0 amide bonds. The van der Waals surface area contributed by atoms with Crippen LogP contribution in [0.4, 0.5) is 15.8 Å². The summed E-state index contributed by atoms with van der Waals surface area (Å²) in [5.41, 5.74) is 0.750. The molecule has 0 fully saturated rings. The fourth-order valence-corrected chi connectivity index (χ4v) is 2.77. The molecule has 0 aliphatic rings. The van der Waals surface area contributed by atoms with Gasteiger partial charge in [-0.05, 0) is 24.3 Å². The second-order valence-electron chi connectivity index (χ2n) is 4.13. The Bertz CT molecular complexity index is 690. The van der Waals surface area contributed by atoms with Gasteiger partial charge in [0.1, 0.15) is 5.82 Å². The molecule has 21 heavy (non-hydrogen) atoms. The third-order valence-electron chi connectivity index (χ3n) is 2.70. The molecule has 0 radical (unpaired) electrons. The summed E-state index contributed by atoms with van der Waals surface area (Å²) in [4.78, 5) is 10.5. The van der Waals surface area contributed by atoms with Crippen LogP contribution in [0.3, 0.4) is 0 Å². The Labute approximate surface area is 138 Å². The summed E-state index contributed by atoms with van der Waals surface area (Å²) in [6.07, 6.45) is 0. The highest BCUT2D eigenvalue weighted by atomic mass is 79.9. The fraction of sp³-hybridized carbons (Fsp3) is 0.0769. The van der Waals surface area contributed by atoms with Crippen LogP contribution in [0.25, 0.3) is 0 Å². The Morgan fingerprint density at radius 2 is 1.86 bits per heavy atom. The lowest BCUT2D eigenvalue weighted by atomic mass is 10.1. The zero-order chi connectivity index (χ0) is 15.6. The second kappa shape index (κ2) is 6.60. The quantitative estimate of drug-likeness (QED) is 0.557. The lowest BCUT2D eigenvalue weighted by Crippen LogP contribution is -2.04. The standard InChI is InChI=1S/C13H8BrCl2FN2O2/c14-8-1-2-12(19(20)21)7(3-8)6-18-13-10(15)4-9(17)5-11(13)16/h1-5,18H,6H2. The van der Waals surface area contributed by atoms with Crippen molar-refractivity contribution in [1.29, 1.82) is 0 Å². The normalized spacial score (nSPS) is 10.5. The van der Waals surface area contributed by atoms with E-state index >= 15 is 0 Å². The maximum Gasteiger partial charge on any atom is 0.274 e. The van der Waals surface area contributed by atoms with Gasteiger partial charge in [0.25, 0.3) is 5.69 Å². The van der Waals surface area contributed by atoms with E-state index in [2.05, 4.69) is 21.2 Å². The molecule has 4 nitrogen and oxygen atoms in total. The maximum atomic E-state index is 13.1. The summed E-state index contributed by atoms with van der Waals surface area (Å²) >= 11 is 15.1. The van der Waals surface area contributed by atoms with Crippen molar-refractivity contribution >= 4 is 50.5 Å². The number of rotatable bonds is 4. The van der Waals surface area contributed by atoms with Gasteiger partial charge in [0.2, 0.25) is 0 Å². The lowest BCUT2D eigenvalue weighted by molar-refractivity contribution is -0.385. The molecule has 0 spiro atoms. The van der Waals surface area contributed by atoms with E-state index in [1.54, 1.807) is 12.1 Å². The van der Waals surface area contributed by atoms with E-state index in [4.69, 9.17) is 23.2 Å². The summed E-state index contributed by atoms with van der Waals surface area (Å²) in [5, 5.41) is 14.1. The van der Waals surface area contributed by atoms with Crippen molar-refractivity contribution in [2.45, 2.75) is 6.54 Å². The van der Waals surface area contributed by atoms with Crippen LogP contribution in [0, 0.1) is 15.9 Å². The first-order chi connectivity index (χ1) is 9.88. The number of nitro benzene ring substituents is 1. The minimum Gasteiger partial charge on any atom is -0.378 e. The third-order valence-corrected chi connectivity index (χ3v) is 3.79. The molecule has 0 saturated carbocycles. The Hall–Kier alpha value is -1.37. The van der Waals surface area contributed by atoms with Gasteiger partial charge in [0.15, 0.2) is 0 Å². The number of anilines is 1. The summed E-state index contributed by atoms with van der Waals surface area (Å²) in [6.45, 7) is 0.126. The molecule has 0 aliphatic carbocycles. The molecular formula is C13H8BrCl2FN2O2. The van der Waals surface area contributed by atoms with Crippen molar-refractivity contribution in [3.8, 4) is 0 Å². The topological polar surface area (TPSA) is 55.2 Å². The molecule has 1 N–H and O–H groups in total. The molecule has 0 aliphatic heterocycles. The van der Waals surface area contributed by atoms with E-state index in [1.807, 2.05) is 0 Å². The van der Waals surface area contributed by atoms with Gasteiger partial charge in [-0.15, -0.1) is 0 Å². The van der Waals surface area contributed by atoms with Crippen LogP contribution in [-0.2, 0) is 6.54 Å². The maximum absolute atomic E-state index is 13.1. The number of hydrogen-bond acceptors (Lipinski definition) is 3. The SMILES string of the molecule is O=[N+]([O-])c1ccc(Br)cc1CNc1c(Cl)cc(F)cc1Cl. The van der Waals surface area contributed by atoms with Crippen LogP contribution < -0.4 is 5.32 Å². The molecule has 0 saturated heterocycles. The van der Waals surface area contributed by atoms with E-state index in [9.17, 15) is 14.5 Å². The van der Waals surface area contributed by atoms with Gasteiger partial charge in [-0.2, -0.15) is 0 Å². The summed E-state index contributed by atoms with van der Waals surface area (Å²) < 4.78 is 13.8. The van der Waals surface area contributed by atoms with Crippen molar-refractivity contribution in [2.75, 3.05) is 5.32 Å². The van der Waals surface area contributed by atoms with E-state index < -0.39 is 10.7 Å².